The number of carbonyl (C=O) groups is 1. The molecule has 0 heterocycles. The van der Waals surface area contributed by atoms with Gasteiger partial charge in [0.2, 0.25) is 0 Å². The van der Waals surface area contributed by atoms with Crippen molar-refractivity contribution in [1.29, 1.82) is 0 Å². The highest BCUT2D eigenvalue weighted by atomic mass is 28.4. The number of ether oxygens (including phenoxy) is 1. The number of hydrogen-bond acceptors (Lipinski definition) is 4. The zero-order chi connectivity index (χ0) is 22.2. The molecule has 0 aliphatic heterocycles. The molecule has 162 valence electrons. The molecule has 0 aromatic heterocycles. The lowest BCUT2D eigenvalue weighted by Gasteiger charge is -2.38. The molecular formula is C22H42O4Si2. The van der Waals surface area contributed by atoms with Gasteiger partial charge in [0, 0.05) is 12.5 Å². The van der Waals surface area contributed by atoms with E-state index < -0.39 is 22.6 Å². The predicted molar refractivity (Wildman–Crippen MR) is 123 cm³/mol. The van der Waals surface area contributed by atoms with Crippen LogP contribution >= 0.6 is 0 Å². The second kappa shape index (κ2) is 10.8. The van der Waals surface area contributed by atoms with Crippen molar-refractivity contribution in [2.24, 2.45) is 0 Å². The van der Waals surface area contributed by atoms with Gasteiger partial charge in [-0.2, -0.15) is 0 Å². The molecule has 6 heteroatoms. The van der Waals surface area contributed by atoms with Crippen LogP contribution in [0.2, 0.25) is 36.3 Å². The second-order valence-electron chi connectivity index (χ2n) is 10.3. The van der Waals surface area contributed by atoms with Crippen LogP contribution in [-0.2, 0) is 18.4 Å². The van der Waals surface area contributed by atoms with Crippen molar-refractivity contribution in [2.75, 3.05) is 13.2 Å². The van der Waals surface area contributed by atoms with Gasteiger partial charge in [0.1, 0.15) is 12.7 Å². The van der Waals surface area contributed by atoms with Crippen LogP contribution in [-0.4, -0.2) is 41.9 Å². The van der Waals surface area contributed by atoms with E-state index in [0.717, 1.165) is 12.8 Å². The Hall–Kier alpha value is -0.876. The zero-order valence-electron chi connectivity index (χ0n) is 19.8. The van der Waals surface area contributed by atoms with Crippen molar-refractivity contribution in [3.05, 3.63) is 12.7 Å². The van der Waals surface area contributed by atoms with Gasteiger partial charge in [0.25, 0.3) is 0 Å². The number of hydrogen-bond donors (Lipinski definition) is 0. The molecule has 1 unspecified atom stereocenters. The average Bonchev–Trinajstić information content (AvgIpc) is 2.51. The van der Waals surface area contributed by atoms with Crippen molar-refractivity contribution >= 4 is 22.6 Å². The molecule has 0 saturated heterocycles. The minimum Gasteiger partial charge on any atom is -0.452 e. The lowest BCUT2D eigenvalue weighted by Crippen LogP contribution is -2.44. The Kier molecular flexibility index (Phi) is 10.4. The van der Waals surface area contributed by atoms with E-state index in [0.29, 0.717) is 6.61 Å². The van der Waals surface area contributed by atoms with Crippen LogP contribution in [0, 0.1) is 11.8 Å². The van der Waals surface area contributed by atoms with Gasteiger partial charge in [-0.1, -0.05) is 60.1 Å². The van der Waals surface area contributed by atoms with E-state index in [1.807, 2.05) is 0 Å². The third-order valence-corrected chi connectivity index (χ3v) is 14.8. The Morgan fingerprint density at radius 3 is 2.04 bits per heavy atom. The third kappa shape index (κ3) is 9.55. The first-order valence-electron chi connectivity index (χ1n) is 10.1. The summed E-state index contributed by atoms with van der Waals surface area (Å²) in [5.74, 6) is 5.03. The minimum atomic E-state index is -2.00. The molecule has 0 aromatic carbocycles. The summed E-state index contributed by atoms with van der Waals surface area (Å²) in [7, 11) is -3.75. The maximum Gasteiger partial charge on any atom is 0.384 e. The largest absolute Gasteiger partial charge is 0.452 e. The Morgan fingerprint density at radius 2 is 1.57 bits per heavy atom. The molecule has 0 aliphatic carbocycles. The summed E-state index contributed by atoms with van der Waals surface area (Å²) in [5.41, 5.74) is 0. The molecule has 1 atom stereocenters. The molecule has 0 N–H and O–H groups in total. The van der Waals surface area contributed by atoms with Crippen molar-refractivity contribution in [1.82, 2.24) is 0 Å². The van der Waals surface area contributed by atoms with Gasteiger partial charge in [-0.05, 0) is 49.1 Å². The maximum absolute atomic E-state index is 11.7. The smallest absolute Gasteiger partial charge is 0.384 e. The second-order valence-corrected chi connectivity index (χ2v) is 19.8. The molecule has 0 spiro atoms. The molecule has 0 rings (SSSR count). The van der Waals surface area contributed by atoms with Crippen LogP contribution in [0.1, 0.15) is 54.4 Å². The lowest BCUT2D eigenvalue weighted by molar-refractivity contribution is -0.135. The van der Waals surface area contributed by atoms with Gasteiger partial charge in [0.05, 0.1) is 0 Å². The highest BCUT2D eigenvalue weighted by Gasteiger charge is 2.39. The first kappa shape index (κ1) is 27.1. The van der Waals surface area contributed by atoms with Crippen LogP contribution in [0.15, 0.2) is 12.7 Å². The van der Waals surface area contributed by atoms with Crippen molar-refractivity contribution in [3.63, 3.8) is 0 Å². The first-order chi connectivity index (χ1) is 12.5. The number of rotatable bonds is 9. The summed E-state index contributed by atoms with van der Waals surface area (Å²) in [6.07, 6.45) is 2.83. The van der Waals surface area contributed by atoms with E-state index in [1.54, 1.807) is 0 Å². The van der Waals surface area contributed by atoms with E-state index in [4.69, 9.17) is 13.6 Å². The molecule has 0 saturated carbocycles. The Labute approximate surface area is 175 Å². The third-order valence-electron chi connectivity index (χ3n) is 5.79. The van der Waals surface area contributed by atoms with E-state index in [1.165, 1.54) is 6.08 Å². The highest BCUT2D eigenvalue weighted by Crippen LogP contribution is 2.38. The van der Waals surface area contributed by atoms with E-state index in [9.17, 15) is 4.79 Å². The van der Waals surface area contributed by atoms with Crippen LogP contribution in [0.4, 0.5) is 0 Å². The SMILES string of the molecule is C=CCOC(=O)C#CC(CCCO[Si](C)(C)C(C)(C)C)O[Si](C)(C)C(C)(C)C. The van der Waals surface area contributed by atoms with Crippen LogP contribution in [0.3, 0.4) is 0 Å². The lowest BCUT2D eigenvalue weighted by atomic mass is 10.2. The maximum atomic E-state index is 11.7. The van der Waals surface area contributed by atoms with Gasteiger partial charge in [-0.3, -0.25) is 0 Å². The minimum absolute atomic E-state index is 0.0773. The molecule has 4 nitrogen and oxygen atoms in total. The standard InChI is InChI=1S/C22H42O4Si2/c1-12-17-24-20(23)16-15-19(26-28(10,11)22(5,6)7)14-13-18-25-27(8,9)21(2,3)4/h12,19H,1,13-14,17-18H2,2-11H3. The Morgan fingerprint density at radius 1 is 1.04 bits per heavy atom. The summed E-state index contributed by atoms with van der Waals surface area (Å²) < 4.78 is 17.7. The van der Waals surface area contributed by atoms with Crippen molar-refractivity contribution < 1.29 is 18.4 Å². The number of carbonyl (C=O) groups excluding carboxylic acids is 1. The Bertz CT molecular complexity index is 572. The van der Waals surface area contributed by atoms with E-state index in [2.05, 4.69) is 86.2 Å². The molecule has 0 radical (unpaired) electrons. The fraction of sp³-hybridized carbons (Fsp3) is 0.773. The molecule has 0 amide bonds. The summed E-state index contributed by atoms with van der Waals surface area (Å²) in [6, 6.07) is 0. The average molecular weight is 427 g/mol. The first-order valence-corrected chi connectivity index (χ1v) is 16.0. The zero-order valence-corrected chi connectivity index (χ0v) is 21.8. The number of esters is 1. The summed E-state index contributed by atoms with van der Waals surface area (Å²) in [4.78, 5) is 11.7. The molecule has 0 fully saturated rings. The van der Waals surface area contributed by atoms with Gasteiger partial charge in [-0.25, -0.2) is 4.79 Å². The van der Waals surface area contributed by atoms with Gasteiger partial charge in [-0.15, -0.1) is 0 Å². The quantitative estimate of drug-likeness (QED) is 0.115. The van der Waals surface area contributed by atoms with Gasteiger partial charge in [0.15, 0.2) is 16.6 Å². The topological polar surface area (TPSA) is 44.8 Å². The highest BCUT2D eigenvalue weighted by molar-refractivity contribution is 6.74. The van der Waals surface area contributed by atoms with Crippen molar-refractivity contribution in [2.45, 2.75) is 96.8 Å². The fourth-order valence-electron chi connectivity index (χ4n) is 1.82. The molecule has 28 heavy (non-hydrogen) atoms. The molecule has 0 bridgehead atoms. The van der Waals surface area contributed by atoms with Crippen LogP contribution < -0.4 is 0 Å². The van der Waals surface area contributed by atoms with E-state index in [-0.39, 0.29) is 22.8 Å². The predicted octanol–water partition coefficient (Wildman–Crippen LogP) is 5.91. The normalized spacial score (nSPS) is 14.1. The Balaban J connectivity index is 5.03. The molecule has 0 aromatic rings. The summed E-state index contributed by atoms with van der Waals surface area (Å²) >= 11 is 0. The fourth-order valence-corrected chi connectivity index (χ4v) is 4.14. The molecular weight excluding hydrogens is 384 g/mol. The van der Waals surface area contributed by atoms with Gasteiger partial charge >= 0.3 is 5.97 Å². The van der Waals surface area contributed by atoms with Crippen molar-refractivity contribution in [3.8, 4) is 11.8 Å². The summed E-state index contributed by atoms with van der Waals surface area (Å²) in [6.45, 7) is 26.6. The summed E-state index contributed by atoms with van der Waals surface area (Å²) in [5, 5.41) is 0.271. The monoisotopic (exact) mass is 426 g/mol. The van der Waals surface area contributed by atoms with Crippen LogP contribution in [0.25, 0.3) is 0 Å². The van der Waals surface area contributed by atoms with E-state index >= 15 is 0 Å². The van der Waals surface area contributed by atoms with Gasteiger partial charge < -0.3 is 13.6 Å². The molecule has 0 aliphatic rings. The van der Waals surface area contributed by atoms with Crippen LogP contribution in [0.5, 0.6) is 0 Å².